The number of ether oxygens (including phenoxy) is 2. The van der Waals surface area contributed by atoms with Crippen molar-refractivity contribution in [1.29, 1.82) is 0 Å². The molecule has 194 valence electrons. The molecule has 3 aromatic rings. The van der Waals surface area contributed by atoms with Gasteiger partial charge in [0.25, 0.3) is 5.56 Å². The second-order valence-corrected chi connectivity index (χ2v) is 10.5. The molecule has 3 rings (SSSR count). The van der Waals surface area contributed by atoms with E-state index in [0.717, 1.165) is 17.5 Å². The third-order valence-electron chi connectivity index (χ3n) is 5.68. The van der Waals surface area contributed by atoms with Crippen LogP contribution in [0.1, 0.15) is 43.9 Å². The van der Waals surface area contributed by atoms with Crippen LogP contribution in [0.25, 0.3) is 0 Å². The van der Waals surface area contributed by atoms with E-state index in [0.29, 0.717) is 18.3 Å². The Kier molecular flexibility index (Phi) is 10.0. The molecule has 2 aromatic carbocycles. The van der Waals surface area contributed by atoms with Gasteiger partial charge in [-0.2, -0.15) is 0 Å². The van der Waals surface area contributed by atoms with Crippen molar-refractivity contribution in [2.24, 2.45) is 5.92 Å². The molecule has 1 heterocycles. The summed E-state index contributed by atoms with van der Waals surface area (Å²) in [5.74, 6) is 0.960. The van der Waals surface area contributed by atoms with Crippen LogP contribution in [0.15, 0.2) is 76.4 Å². The number of hydrogen-bond donors (Lipinski definition) is 2. The van der Waals surface area contributed by atoms with E-state index in [1.54, 1.807) is 0 Å². The first-order valence-electron chi connectivity index (χ1n) is 11.9. The zero-order valence-corrected chi connectivity index (χ0v) is 21.4. The second-order valence-electron chi connectivity index (χ2n) is 8.65. The lowest BCUT2D eigenvalue weighted by Crippen LogP contribution is -2.32. The van der Waals surface area contributed by atoms with Crippen molar-refractivity contribution >= 4 is 10.0 Å². The minimum Gasteiger partial charge on any atom is -0.493 e. The Balaban J connectivity index is 1.64. The van der Waals surface area contributed by atoms with Gasteiger partial charge in [-0.3, -0.25) is 14.3 Å². The third-order valence-corrected chi connectivity index (χ3v) is 7.10. The fraction of sp³-hybridized carbons (Fsp3) is 0.385. The Morgan fingerprint density at radius 1 is 1.03 bits per heavy atom. The Morgan fingerprint density at radius 3 is 2.50 bits per heavy atom. The summed E-state index contributed by atoms with van der Waals surface area (Å²) in [7, 11) is -3.67. The van der Waals surface area contributed by atoms with Gasteiger partial charge in [0.05, 0.1) is 18.4 Å². The molecule has 1 unspecified atom stereocenters. The Hall–Kier alpha value is -3.21. The predicted molar refractivity (Wildman–Crippen MR) is 138 cm³/mol. The van der Waals surface area contributed by atoms with Gasteiger partial charge in [-0.05, 0) is 35.6 Å². The van der Waals surface area contributed by atoms with Crippen LogP contribution in [0.5, 0.6) is 5.75 Å². The second kappa shape index (κ2) is 13.2. The number of nitrogens with zero attached hydrogens (tertiary/aromatic N) is 1. The highest BCUT2D eigenvalue weighted by atomic mass is 32.2. The molecule has 0 aliphatic rings. The first-order valence-corrected chi connectivity index (χ1v) is 13.6. The quantitative estimate of drug-likeness (QED) is 0.319. The molecule has 0 bridgehead atoms. The summed E-state index contributed by atoms with van der Waals surface area (Å²) in [6.45, 7) is 4.86. The lowest BCUT2D eigenvalue weighted by Gasteiger charge is -2.21. The van der Waals surface area contributed by atoms with Crippen molar-refractivity contribution in [3.8, 4) is 5.75 Å². The van der Waals surface area contributed by atoms with E-state index < -0.39 is 27.3 Å². The van der Waals surface area contributed by atoms with E-state index in [1.807, 2.05) is 54.6 Å². The Morgan fingerprint density at radius 2 is 1.78 bits per heavy atom. The molecule has 0 spiro atoms. The minimum absolute atomic E-state index is 0.0842. The van der Waals surface area contributed by atoms with Gasteiger partial charge in [0.2, 0.25) is 10.0 Å². The molecule has 0 aliphatic heterocycles. The van der Waals surface area contributed by atoms with Crippen molar-refractivity contribution in [2.75, 3.05) is 19.0 Å². The van der Waals surface area contributed by atoms with Crippen LogP contribution in [0.2, 0.25) is 0 Å². The van der Waals surface area contributed by atoms with Crippen molar-refractivity contribution in [1.82, 2.24) is 14.3 Å². The zero-order valence-electron chi connectivity index (χ0n) is 20.6. The molecule has 1 aromatic heterocycles. The van der Waals surface area contributed by atoms with Crippen molar-refractivity contribution in [3.63, 3.8) is 0 Å². The molecule has 2 atom stereocenters. The summed E-state index contributed by atoms with van der Waals surface area (Å²) in [5.41, 5.74) is 0.515. The Labute approximate surface area is 211 Å². The largest absolute Gasteiger partial charge is 0.493 e. The number of benzene rings is 2. The van der Waals surface area contributed by atoms with Crippen LogP contribution < -0.4 is 20.7 Å². The van der Waals surface area contributed by atoms with Crippen molar-refractivity contribution in [2.45, 2.75) is 39.5 Å². The SMILES string of the molecule is CC[C@H](C)COc1cccc(C(NS(=O)(=O)CCCOCn2ccc(=O)[nH]c2=O)c2ccccc2)c1. The van der Waals surface area contributed by atoms with E-state index in [1.165, 1.54) is 16.8 Å². The topological polar surface area (TPSA) is 119 Å². The molecule has 9 nitrogen and oxygen atoms in total. The average Bonchev–Trinajstić information content (AvgIpc) is 2.87. The maximum atomic E-state index is 13.0. The summed E-state index contributed by atoms with van der Waals surface area (Å²) in [6.07, 6.45) is 2.56. The smallest absolute Gasteiger partial charge is 0.330 e. The summed E-state index contributed by atoms with van der Waals surface area (Å²) in [6, 6.07) is 17.5. The molecule has 10 heteroatoms. The van der Waals surface area contributed by atoms with Crippen LogP contribution >= 0.6 is 0 Å². The van der Waals surface area contributed by atoms with E-state index in [4.69, 9.17) is 9.47 Å². The number of rotatable bonds is 14. The van der Waals surface area contributed by atoms with Crippen LogP contribution in [0.3, 0.4) is 0 Å². The lowest BCUT2D eigenvalue weighted by molar-refractivity contribution is 0.0744. The molecule has 0 saturated heterocycles. The van der Waals surface area contributed by atoms with Gasteiger partial charge in [-0.25, -0.2) is 17.9 Å². The van der Waals surface area contributed by atoms with Gasteiger partial charge in [-0.1, -0.05) is 62.7 Å². The first-order chi connectivity index (χ1) is 17.3. The van der Waals surface area contributed by atoms with Gasteiger partial charge in [-0.15, -0.1) is 0 Å². The number of H-pyrrole nitrogens is 1. The molecule has 2 N–H and O–H groups in total. The fourth-order valence-corrected chi connectivity index (χ4v) is 4.66. The summed E-state index contributed by atoms with van der Waals surface area (Å²) >= 11 is 0. The van der Waals surface area contributed by atoms with Crippen LogP contribution in [0.4, 0.5) is 0 Å². The zero-order chi connectivity index (χ0) is 26.0. The molecule has 0 aliphatic carbocycles. The van der Waals surface area contributed by atoms with Crippen LogP contribution in [0, 0.1) is 5.92 Å². The third kappa shape index (κ3) is 8.47. The standard InChI is InChI=1S/C26H33N3O6S/c1-3-20(2)18-35-23-12-7-11-22(17-23)25(21-9-5-4-6-10-21)28-36(32,33)16-8-15-34-19-29-14-13-24(30)27-26(29)31/h4-7,9-14,17,20,25,28H,3,8,15-16,18-19H2,1-2H3,(H,27,30,31)/t20-,25?/m0/s1. The van der Waals surface area contributed by atoms with Crippen molar-refractivity contribution in [3.05, 3.63) is 98.8 Å². The average molecular weight is 516 g/mol. The number of aromatic amines is 1. The molecule has 0 radical (unpaired) electrons. The van der Waals surface area contributed by atoms with Crippen LogP contribution in [-0.2, 0) is 21.5 Å². The highest BCUT2D eigenvalue weighted by Crippen LogP contribution is 2.26. The molecule has 0 amide bonds. The number of sulfonamides is 1. The molecule has 36 heavy (non-hydrogen) atoms. The van der Waals surface area contributed by atoms with E-state index >= 15 is 0 Å². The van der Waals surface area contributed by atoms with Gasteiger partial charge < -0.3 is 9.47 Å². The predicted octanol–water partition coefficient (Wildman–Crippen LogP) is 3.03. The molecular weight excluding hydrogens is 482 g/mol. The number of hydrogen-bond acceptors (Lipinski definition) is 6. The van der Waals surface area contributed by atoms with Gasteiger partial charge in [0.1, 0.15) is 12.5 Å². The highest BCUT2D eigenvalue weighted by Gasteiger charge is 2.21. The van der Waals surface area contributed by atoms with E-state index in [-0.39, 0.29) is 25.5 Å². The Bertz CT molecular complexity index is 1320. The van der Waals surface area contributed by atoms with Gasteiger partial charge >= 0.3 is 5.69 Å². The molecule has 0 fully saturated rings. The van der Waals surface area contributed by atoms with Crippen LogP contribution in [-0.4, -0.2) is 36.9 Å². The normalized spacial score (nSPS) is 13.3. The van der Waals surface area contributed by atoms with Crippen molar-refractivity contribution < 1.29 is 17.9 Å². The summed E-state index contributed by atoms with van der Waals surface area (Å²) in [4.78, 5) is 24.9. The lowest BCUT2D eigenvalue weighted by atomic mass is 9.99. The monoisotopic (exact) mass is 515 g/mol. The maximum Gasteiger partial charge on any atom is 0.330 e. The van der Waals surface area contributed by atoms with Gasteiger partial charge in [0, 0.05) is 18.9 Å². The minimum atomic E-state index is -3.67. The molecule has 0 saturated carbocycles. The molecular formula is C26H33N3O6S. The summed E-state index contributed by atoms with van der Waals surface area (Å²) < 4.78 is 41.3. The first kappa shape index (κ1) is 27.4. The highest BCUT2D eigenvalue weighted by molar-refractivity contribution is 7.89. The fourth-order valence-electron chi connectivity index (χ4n) is 3.41. The summed E-state index contributed by atoms with van der Waals surface area (Å²) in [5, 5.41) is 0. The number of nitrogens with one attached hydrogen (secondary N) is 2. The van der Waals surface area contributed by atoms with E-state index in [2.05, 4.69) is 23.6 Å². The van der Waals surface area contributed by atoms with E-state index in [9.17, 15) is 18.0 Å². The van der Waals surface area contributed by atoms with Gasteiger partial charge in [0.15, 0.2) is 0 Å². The number of aromatic nitrogens is 2. The maximum absolute atomic E-state index is 13.0.